The van der Waals surface area contributed by atoms with Crippen LogP contribution in [0, 0.1) is 0 Å². The Morgan fingerprint density at radius 2 is 2.25 bits per heavy atom. The number of aromatic nitrogens is 2. The van der Waals surface area contributed by atoms with Gasteiger partial charge in [0.1, 0.15) is 6.33 Å². The summed E-state index contributed by atoms with van der Waals surface area (Å²) in [5, 5.41) is 5.12. The maximum atomic E-state index is 4.21. The summed E-state index contributed by atoms with van der Waals surface area (Å²) < 4.78 is 0. The summed E-state index contributed by atoms with van der Waals surface area (Å²) in [6, 6.07) is 2.56. The summed E-state index contributed by atoms with van der Waals surface area (Å²) in [6.07, 6.45) is 5.86. The largest absolute Gasteiger partial charge is 0.313 e. The first-order chi connectivity index (χ1) is 7.72. The van der Waals surface area contributed by atoms with Gasteiger partial charge in [-0.2, -0.15) is 0 Å². The molecule has 1 rings (SSSR count). The molecule has 2 unspecified atom stereocenters. The van der Waals surface area contributed by atoms with Gasteiger partial charge in [0.05, 0.1) is 5.03 Å². The second-order valence-electron chi connectivity index (χ2n) is 4.07. The SMILES string of the molecule is CCCC(C)NCC(C)Sc1ccncn1. The van der Waals surface area contributed by atoms with Gasteiger partial charge in [0.2, 0.25) is 0 Å². The maximum absolute atomic E-state index is 4.21. The van der Waals surface area contributed by atoms with Crippen LogP contribution in [0.2, 0.25) is 0 Å². The zero-order valence-corrected chi connectivity index (χ0v) is 11.1. The molecule has 0 fully saturated rings. The van der Waals surface area contributed by atoms with Crippen LogP contribution in [0.4, 0.5) is 0 Å². The fraction of sp³-hybridized carbons (Fsp3) is 0.667. The Labute approximate surface area is 102 Å². The molecule has 90 valence electrons. The van der Waals surface area contributed by atoms with Crippen molar-refractivity contribution >= 4 is 11.8 Å². The molecule has 0 bridgehead atoms. The summed E-state index contributed by atoms with van der Waals surface area (Å²) in [5.74, 6) is 0. The van der Waals surface area contributed by atoms with E-state index >= 15 is 0 Å². The van der Waals surface area contributed by atoms with Gasteiger partial charge in [-0.3, -0.25) is 0 Å². The smallest absolute Gasteiger partial charge is 0.116 e. The highest BCUT2D eigenvalue weighted by Crippen LogP contribution is 2.19. The van der Waals surface area contributed by atoms with Gasteiger partial charge in [0.25, 0.3) is 0 Å². The minimum Gasteiger partial charge on any atom is -0.313 e. The lowest BCUT2D eigenvalue weighted by Gasteiger charge is -2.16. The Hall–Kier alpha value is -0.610. The number of hydrogen-bond donors (Lipinski definition) is 1. The van der Waals surface area contributed by atoms with Gasteiger partial charge >= 0.3 is 0 Å². The van der Waals surface area contributed by atoms with E-state index < -0.39 is 0 Å². The molecule has 4 heteroatoms. The predicted octanol–water partition coefficient (Wildman–Crippen LogP) is 2.74. The summed E-state index contributed by atoms with van der Waals surface area (Å²) in [5.41, 5.74) is 0. The van der Waals surface area contributed by atoms with Crippen LogP contribution < -0.4 is 5.32 Å². The lowest BCUT2D eigenvalue weighted by molar-refractivity contribution is 0.511. The summed E-state index contributed by atoms with van der Waals surface area (Å²) in [4.78, 5) is 8.12. The molecule has 1 N–H and O–H groups in total. The second kappa shape index (κ2) is 7.63. The highest BCUT2D eigenvalue weighted by Gasteiger charge is 2.07. The molecule has 3 nitrogen and oxygen atoms in total. The van der Waals surface area contributed by atoms with Crippen LogP contribution in [0.3, 0.4) is 0 Å². The van der Waals surface area contributed by atoms with Crippen molar-refractivity contribution < 1.29 is 0 Å². The Balaban J connectivity index is 2.23. The molecule has 1 aromatic rings. The maximum Gasteiger partial charge on any atom is 0.116 e. The minimum absolute atomic E-state index is 0.536. The van der Waals surface area contributed by atoms with Crippen LogP contribution >= 0.6 is 11.8 Å². The van der Waals surface area contributed by atoms with E-state index in [0.29, 0.717) is 11.3 Å². The molecule has 1 heterocycles. The monoisotopic (exact) mass is 239 g/mol. The first-order valence-electron chi connectivity index (χ1n) is 5.88. The lowest BCUT2D eigenvalue weighted by Crippen LogP contribution is -2.31. The van der Waals surface area contributed by atoms with Gasteiger partial charge in [-0.25, -0.2) is 9.97 Å². The van der Waals surface area contributed by atoms with E-state index in [0.717, 1.165) is 11.6 Å². The molecule has 0 spiro atoms. The molecular formula is C12H21N3S. The molecule has 2 atom stereocenters. The van der Waals surface area contributed by atoms with Crippen LogP contribution in [0.5, 0.6) is 0 Å². The van der Waals surface area contributed by atoms with E-state index in [-0.39, 0.29) is 0 Å². The molecule has 0 aliphatic heterocycles. The van der Waals surface area contributed by atoms with Crippen molar-refractivity contribution in [2.45, 2.75) is 49.9 Å². The number of rotatable bonds is 7. The van der Waals surface area contributed by atoms with E-state index in [2.05, 4.69) is 36.1 Å². The quantitative estimate of drug-likeness (QED) is 0.586. The molecule has 0 saturated heterocycles. The first-order valence-corrected chi connectivity index (χ1v) is 6.76. The Morgan fingerprint density at radius 1 is 1.44 bits per heavy atom. The van der Waals surface area contributed by atoms with Gasteiger partial charge in [-0.1, -0.05) is 20.3 Å². The molecule has 0 radical (unpaired) electrons. The first kappa shape index (κ1) is 13.5. The molecule has 0 aliphatic rings. The second-order valence-corrected chi connectivity index (χ2v) is 5.53. The Bertz CT molecular complexity index is 279. The zero-order chi connectivity index (χ0) is 11.8. The highest BCUT2D eigenvalue weighted by atomic mass is 32.2. The van der Waals surface area contributed by atoms with E-state index in [4.69, 9.17) is 0 Å². The standard InChI is InChI=1S/C12H21N3S/c1-4-5-10(2)14-8-11(3)16-12-6-7-13-9-15-12/h6-7,9-11,14H,4-5,8H2,1-3H3. The van der Waals surface area contributed by atoms with E-state index in [1.807, 2.05) is 6.07 Å². The number of nitrogens with one attached hydrogen (secondary N) is 1. The zero-order valence-electron chi connectivity index (χ0n) is 10.3. The molecular weight excluding hydrogens is 218 g/mol. The number of hydrogen-bond acceptors (Lipinski definition) is 4. The molecule has 0 amide bonds. The van der Waals surface area contributed by atoms with E-state index in [9.17, 15) is 0 Å². The number of thioether (sulfide) groups is 1. The number of nitrogens with zero attached hydrogens (tertiary/aromatic N) is 2. The third-order valence-corrected chi connectivity index (χ3v) is 3.40. The Kier molecular flexibility index (Phi) is 6.42. The normalized spacial score (nSPS) is 14.7. The summed E-state index contributed by atoms with van der Waals surface area (Å²) >= 11 is 1.79. The molecule has 0 saturated carbocycles. The average Bonchev–Trinajstić information content (AvgIpc) is 2.28. The molecule has 16 heavy (non-hydrogen) atoms. The van der Waals surface area contributed by atoms with Crippen molar-refractivity contribution in [3.8, 4) is 0 Å². The van der Waals surface area contributed by atoms with Crippen LogP contribution in [0.15, 0.2) is 23.6 Å². The highest BCUT2D eigenvalue weighted by molar-refractivity contribution is 7.99. The van der Waals surface area contributed by atoms with Crippen molar-refractivity contribution in [2.75, 3.05) is 6.54 Å². The fourth-order valence-corrected chi connectivity index (χ4v) is 2.34. The van der Waals surface area contributed by atoms with E-state index in [1.165, 1.54) is 12.8 Å². The third-order valence-electron chi connectivity index (χ3n) is 2.35. The van der Waals surface area contributed by atoms with Crippen LogP contribution in [-0.4, -0.2) is 27.8 Å². The van der Waals surface area contributed by atoms with E-state index in [1.54, 1.807) is 24.3 Å². The summed E-state index contributed by atoms with van der Waals surface area (Å²) in [7, 11) is 0. The third kappa shape index (κ3) is 5.47. The van der Waals surface area contributed by atoms with Crippen LogP contribution in [0.1, 0.15) is 33.6 Å². The van der Waals surface area contributed by atoms with Crippen molar-refractivity contribution in [3.05, 3.63) is 18.6 Å². The predicted molar refractivity (Wildman–Crippen MR) is 69.7 cm³/mol. The van der Waals surface area contributed by atoms with Gasteiger partial charge in [0, 0.05) is 24.0 Å². The van der Waals surface area contributed by atoms with Crippen LogP contribution in [0.25, 0.3) is 0 Å². The Morgan fingerprint density at radius 3 is 2.88 bits per heavy atom. The topological polar surface area (TPSA) is 37.8 Å². The average molecular weight is 239 g/mol. The van der Waals surface area contributed by atoms with Crippen molar-refractivity contribution in [2.24, 2.45) is 0 Å². The minimum atomic E-state index is 0.536. The molecule has 0 aliphatic carbocycles. The van der Waals surface area contributed by atoms with Gasteiger partial charge in [0.15, 0.2) is 0 Å². The van der Waals surface area contributed by atoms with Gasteiger partial charge in [-0.05, 0) is 19.4 Å². The van der Waals surface area contributed by atoms with Gasteiger partial charge in [-0.15, -0.1) is 11.8 Å². The lowest BCUT2D eigenvalue weighted by atomic mass is 10.2. The molecule has 1 aromatic heterocycles. The molecule has 0 aromatic carbocycles. The van der Waals surface area contributed by atoms with Crippen LogP contribution in [-0.2, 0) is 0 Å². The van der Waals surface area contributed by atoms with Crippen molar-refractivity contribution in [3.63, 3.8) is 0 Å². The summed E-state index contributed by atoms with van der Waals surface area (Å²) in [6.45, 7) is 7.71. The van der Waals surface area contributed by atoms with Crippen molar-refractivity contribution in [1.82, 2.24) is 15.3 Å². The fourth-order valence-electron chi connectivity index (χ4n) is 1.50. The van der Waals surface area contributed by atoms with Crippen molar-refractivity contribution in [1.29, 1.82) is 0 Å². The van der Waals surface area contributed by atoms with Gasteiger partial charge < -0.3 is 5.32 Å².